The summed E-state index contributed by atoms with van der Waals surface area (Å²) < 4.78 is 5.79. The first-order chi connectivity index (χ1) is 9.77. The molecule has 0 radical (unpaired) electrons. The molecular formula is C17H21NO2. The Hall–Kier alpha value is -1.77. The van der Waals surface area contributed by atoms with Gasteiger partial charge in [-0.15, -0.1) is 0 Å². The first kappa shape index (κ1) is 13.2. The Balaban J connectivity index is 1.89. The van der Waals surface area contributed by atoms with E-state index >= 15 is 0 Å². The van der Waals surface area contributed by atoms with Crippen LogP contribution in [0.5, 0.6) is 0 Å². The monoisotopic (exact) mass is 271 g/mol. The Kier molecular flexibility index (Phi) is 3.77. The Labute approximate surface area is 119 Å². The van der Waals surface area contributed by atoms with Gasteiger partial charge in [0.25, 0.3) is 5.91 Å². The average Bonchev–Trinajstić information content (AvgIpc) is 2.76. The van der Waals surface area contributed by atoms with Crippen LogP contribution in [-0.2, 0) is 0 Å². The van der Waals surface area contributed by atoms with Crippen LogP contribution < -0.4 is 0 Å². The number of likely N-dealkylation sites (tertiary alicyclic amines) is 1. The molecule has 1 fully saturated rings. The van der Waals surface area contributed by atoms with Crippen molar-refractivity contribution >= 4 is 16.9 Å². The highest BCUT2D eigenvalue weighted by molar-refractivity contribution is 5.98. The largest absolute Gasteiger partial charge is 0.451 e. The second-order valence-corrected chi connectivity index (χ2v) is 5.61. The third-order valence-corrected chi connectivity index (χ3v) is 4.18. The Morgan fingerprint density at radius 2 is 1.70 bits per heavy atom. The third kappa shape index (κ3) is 2.45. The summed E-state index contributed by atoms with van der Waals surface area (Å²) in [7, 11) is 0. The molecule has 2 heterocycles. The summed E-state index contributed by atoms with van der Waals surface area (Å²) in [5, 5.41) is 1.04. The number of carbonyl (C=O) groups is 1. The van der Waals surface area contributed by atoms with E-state index in [1.165, 1.54) is 19.3 Å². The van der Waals surface area contributed by atoms with Crippen LogP contribution in [-0.4, -0.2) is 23.9 Å². The molecule has 0 N–H and O–H groups in total. The van der Waals surface area contributed by atoms with Gasteiger partial charge >= 0.3 is 0 Å². The van der Waals surface area contributed by atoms with Crippen LogP contribution >= 0.6 is 0 Å². The Morgan fingerprint density at radius 3 is 2.40 bits per heavy atom. The zero-order valence-electron chi connectivity index (χ0n) is 12.0. The van der Waals surface area contributed by atoms with E-state index in [9.17, 15) is 4.79 Å². The van der Waals surface area contributed by atoms with E-state index in [1.807, 2.05) is 36.1 Å². The van der Waals surface area contributed by atoms with Crippen LogP contribution in [0.2, 0.25) is 0 Å². The lowest BCUT2D eigenvalue weighted by atomic mass is 10.1. The summed E-state index contributed by atoms with van der Waals surface area (Å²) in [4.78, 5) is 14.6. The van der Waals surface area contributed by atoms with Crippen LogP contribution in [0.1, 0.15) is 48.2 Å². The van der Waals surface area contributed by atoms with Crippen molar-refractivity contribution in [2.75, 3.05) is 13.1 Å². The number of carbonyl (C=O) groups excluding carboxylic acids is 1. The lowest BCUT2D eigenvalue weighted by molar-refractivity contribution is 0.0711. The molecule has 2 aromatic rings. The Morgan fingerprint density at radius 1 is 1.05 bits per heavy atom. The molecular weight excluding hydrogens is 250 g/mol. The average molecular weight is 271 g/mol. The molecule has 3 nitrogen and oxygen atoms in total. The molecule has 1 aromatic carbocycles. The predicted molar refractivity (Wildman–Crippen MR) is 79.9 cm³/mol. The predicted octanol–water partition coefficient (Wildman–Crippen LogP) is 4.15. The van der Waals surface area contributed by atoms with Gasteiger partial charge in [0, 0.05) is 24.0 Å². The number of hydrogen-bond donors (Lipinski definition) is 0. The zero-order chi connectivity index (χ0) is 13.9. The second kappa shape index (κ2) is 5.70. The Bertz CT molecular complexity index is 606. The summed E-state index contributed by atoms with van der Waals surface area (Å²) in [6.07, 6.45) is 5.95. The number of amides is 1. The molecule has 20 heavy (non-hydrogen) atoms. The first-order valence-electron chi connectivity index (χ1n) is 7.55. The molecule has 0 spiro atoms. The molecule has 0 aliphatic carbocycles. The van der Waals surface area contributed by atoms with Crippen molar-refractivity contribution < 1.29 is 9.21 Å². The van der Waals surface area contributed by atoms with E-state index in [0.717, 1.165) is 42.5 Å². The number of aryl methyl sites for hydroxylation is 1. The highest BCUT2D eigenvalue weighted by atomic mass is 16.3. The molecule has 3 rings (SSSR count). The number of furan rings is 1. The summed E-state index contributed by atoms with van der Waals surface area (Å²) >= 11 is 0. The fourth-order valence-corrected chi connectivity index (χ4v) is 2.97. The van der Waals surface area contributed by atoms with E-state index in [1.54, 1.807) is 0 Å². The van der Waals surface area contributed by atoms with Gasteiger partial charge in [0.05, 0.1) is 0 Å². The fourth-order valence-electron chi connectivity index (χ4n) is 2.97. The highest BCUT2D eigenvalue weighted by Crippen LogP contribution is 2.26. The van der Waals surface area contributed by atoms with E-state index < -0.39 is 0 Å². The van der Waals surface area contributed by atoms with E-state index in [4.69, 9.17) is 4.42 Å². The van der Waals surface area contributed by atoms with E-state index in [-0.39, 0.29) is 5.91 Å². The second-order valence-electron chi connectivity index (χ2n) is 5.61. The summed E-state index contributed by atoms with van der Waals surface area (Å²) in [5.41, 5.74) is 1.77. The summed E-state index contributed by atoms with van der Waals surface area (Å²) in [5.74, 6) is 0.576. The van der Waals surface area contributed by atoms with Gasteiger partial charge in [0.2, 0.25) is 0 Å². The van der Waals surface area contributed by atoms with Crippen LogP contribution in [0, 0.1) is 6.92 Å². The molecule has 3 heteroatoms. The number of para-hydroxylation sites is 1. The number of fused-ring (bicyclic) bond motifs is 1. The number of hydrogen-bond acceptors (Lipinski definition) is 2. The summed E-state index contributed by atoms with van der Waals surface area (Å²) in [6.45, 7) is 3.69. The minimum absolute atomic E-state index is 0.0561. The van der Waals surface area contributed by atoms with Crippen molar-refractivity contribution in [1.82, 2.24) is 4.90 Å². The molecule has 1 saturated heterocycles. The standard InChI is InChI=1S/C17H21NO2/c1-13-14-9-5-6-10-15(14)20-16(13)17(19)18-11-7-3-2-4-8-12-18/h5-6,9-10H,2-4,7-8,11-12H2,1H3. The number of benzene rings is 1. The number of nitrogens with zero attached hydrogens (tertiary/aromatic N) is 1. The van der Waals surface area contributed by atoms with Gasteiger partial charge in [-0.2, -0.15) is 0 Å². The maximum absolute atomic E-state index is 12.7. The van der Waals surface area contributed by atoms with Crippen molar-refractivity contribution in [3.63, 3.8) is 0 Å². The lowest BCUT2D eigenvalue weighted by Gasteiger charge is -2.24. The number of rotatable bonds is 1. The van der Waals surface area contributed by atoms with Gasteiger partial charge in [-0.05, 0) is 25.8 Å². The third-order valence-electron chi connectivity index (χ3n) is 4.18. The maximum atomic E-state index is 12.7. The van der Waals surface area contributed by atoms with Crippen LogP contribution in [0.15, 0.2) is 28.7 Å². The van der Waals surface area contributed by atoms with Gasteiger partial charge < -0.3 is 9.32 Å². The molecule has 0 unspecified atom stereocenters. The molecule has 1 aliphatic rings. The van der Waals surface area contributed by atoms with Gasteiger partial charge in [0.15, 0.2) is 5.76 Å². The van der Waals surface area contributed by atoms with Crippen LogP contribution in [0.3, 0.4) is 0 Å². The normalized spacial score (nSPS) is 16.9. The van der Waals surface area contributed by atoms with Gasteiger partial charge in [0.1, 0.15) is 5.58 Å². The van der Waals surface area contributed by atoms with Crippen molar-refractivity contribution in [2.45, 2.75) is 39.0 Å². The zero-order valence-corrected chi connectivity index (χ0v) is 12.0. The van der Waals surface area contributed by atoms with Crippen molar-refractivity contribution in [3.8, 4) is 0 Å². The first-order valence-corrected chi connectivity index (χ1v) is 7.55. The maximum Gasteiger partial charge on any atom is 0.289 e. The van der Waals surface area contributed by atoms with Crippen molar-refractivity contribution in [3.05, 3.63) is 35.6 Å². The minimum atomic E-state index is 0.0561. The van der Waals surface area contributed by atoms with Gasteiger partial charge in [-0.25, -0.2) is 0 Å². The molecule has 1 amide bonds. The SMILES string of the molecule is Cc1c(C(=O)N2CCCCCCC2)oc2ccccc12. The van der Waals surface area contributed by atoms with Crippen LogP contribution in [0.4, 0.5) is 0 Å². The van der Waals surface area contributed by atoms with Crippen molar-refractivity contribution in [2.24, 2.45) is 0 Å². The van der Waals surface area contributed by atoms with Gasteiger partial charge in [-0.1, -0.05) is 37.5 Å². The fraction of sp³-hybridized carbons (Fsp3) is 0.471. The van der Waals surface area contributed by atoms with Crippen molar-refractivity contribution in [1.29, 1.82) is 0 Å². The summed E-state index contributed by atoms with van der Waals surface area (Å²) in [6, 6.07) is 7.86. The molecule has 1 aliphatic heterocycles. The smallest absolute Gasteiger partial charge is 0.289 e. The topological polar surface area (TPSA) is 33.5 Å². The molecule has 0 bridgehead atoms. The van der Waals surface area contributed by atoms with E-state index in [0.29, 0.717) is 5.76 Å². The lowest BCUT2D eigenvalue weighted by Crippen LogP contribution is -2.33. The molecule has 106 valence electrons. The quantitative estimate of drug-likeness (QED) is 0.780. The molecule has 1 aromatic heterocycles. The molecule has 0 atom stereocenters. The highest BCUT2D eigenvalue weighted by Gasteiger charge is 2.23. The minimum Gasteiger partial charge on any atom is -0.451 e. The van der Waals surface area contributed by atoms with Gasteiger partial charge in [-0.3, -0.25) is 4.79 Å². The van der Waals surface area contributed by atoms with E-state index in [2.05, 4.69) is 0 Å². The molecule has 0 saturated carbocycles. The van der Waals surface area contributed by atoms with Crippen LogP contribution in [0.25, 0.3) is 11.0 Å².